The average Bonchev–Trinajstić information content (AvgIpc) is 2.81. The Hall–Kier alpha value is -2.57. The number of nitrogens with zero attached hydrogens (tertiary/aromatic N) is 3. The van der Waals surface area contributed by atoms with E-state index in [1.807, 2.05) is 23.0 Å². The summed E-state index contributed by atoms with van der Waals surface area (Å²) in [6, 6.07) is 5.46. The van der Waals surface area contributed by atoms with Crippen LogP contribution < -0.4 is 4.74 Å². The van der Waals surface area contributed by atoms with Crippen molar-refractivity contribution in [1.82, 2.24) is 14.7 Å². The topological polar surface area (TPSA) is 84.7 Å². The molecule has 1 fully saturated rings. The van der Waals surface area contributed by atoms with Crippen molar-refractivity contribution in [3.8, 4) is 5.75 Å². The highest BCUT2D eigenvalue weighted by molar-refractivity contribution is 5.79. The smallest absolute Gasteiger partial charge is 0.407 e. The second kappa shape index (κ2) is 5.43. The Balaban J connectivity index is 1.67. The Labute approximate surface area is 120 Å². The van der Waals surface area contributed by atoms with Gasteiger partial charge in [0.15, 0.2) is 6.29 Å². The zero-order valence-electron chi connectivity index (χ0n) is 11.3. The van der Waals surface area contributed by atoms with Crippen LogP contribution in [0, 0.1) is 5.92 Å². The quantitative estimate of drug-likeness (QED) is 0.837. The van der Waals surface area contributed by atoms with Gasteiger partial charge in [-0.05, 0) is 18.2 Å². The number of ether oxygens (including phenoxy) is 1. The number of fused-ring (bicyclic) bond motifs is 1. The minimum absolute atomic E-state index is 0.0345. The fourth-order valence-electron chi connectivity index (χ4n) is 2.47. The molecule has 0 unspecified atom stereocenters. The lowest BCUT2D eigenvalue weighted by Gasteiger charge is -2.36. The molecule has 7 heteroatoms. The molecule has 1 saturated heterocycles. The first kappa shape index (κ1) is 13.4. The number of amides is 1. The molecule has 3 rings (SSSR count). The van der Waals surface area contributed by atoms with Crippen LogP contribution in [-0.4, -0.2) is 51.9 Å². The van der Waals surface area contributed by atoms with Crippen molar-refractivity contribution in [3.63, 3.8) is 0 Å². The summed E-state index contributed by atoms with van der Waals surface area (Å²) in [6.45, 7) is 1.84. The molecule has 1 N–H and O–H groups in total. The molecular formula is C14H15N3O4. The van der Waals surface area contributed by atoms with Crippen LogP contribution in [0.1, 0.15) is 0 Å². The van der Waals surface area contributed by atoms with Gasteiger partial charge in [0, 0.05) is 37.1 Å². The van der Waals surface area contributed by atoms with Crippen LogP contribution in [0.2, 0.25) is 0 Å². The molecule has 110 valence electrons. The highest BCUT2D eigenvalue weighted by Gasteiger charge is 2.30. The maximum absolute atomic E-state index is 10.7. The van der Waals surface area contributed by atoms with Crippen molar-refractivity contribution in [3.05, 3.63) is 24.4 Å². The van der Waals surface area contributed by atoms with Gasteiger partial charge in [-0.3, -0.25) is 9.48 Å². The third-order valence-corrected chi connectivity index (χ3v) is 3.51. The average molecular weight is 289 g/mol. The first-order chi connectivity index (χ1) is 10.2. The molecule has 21 heavy (non-hydrogen) atoms. The molecule has 1 aromatic carbocycles. The van der Waals surface area contributed by atoms with Crippen molar-refractivity contribution in [1.29, 1.82) is 0 Å². The molecule has 1 aromatic heterocycles. The van der Waals surface area contributed by atoms with Crippen molar-refractivity contribution < 1.29 is 19.4 Å². The first-order valence-electron chi connectivity index (χ1n) is 6.67. The number of carbonyl (C=O) groups is 2. The highest BCUT2D eigenvalue weighted by Crippen LogP contribution is 2.22. The first-order valence-corrected chi connectivity index (χ1v) is 6.67. The third kappa shape index (κ3) is 2.81. The fourth-order valence-corrected chi connectivity index (χ4v) is 2.47. The molecule has 0 saturated carbocycles. The monoisotopic (exact) mass is 289 g/mol. The van der Waals surface area contributed by atoms with Crippen LogP contribution in [0.3, 0.4) is 0 Å². The molecule has 0 aliphatic carbocycles. The largest absolute Gasteiger partial charge is 0.486 e. The van der Waals surface area contributed by atoms with Crippen molar-refractivity contribution >= 4 is 23.3 Å². The second-order valence-corrected chi connectivity index (χ2v) is 5.10. The van der Waals surface area contributed by atoms with Gasteiger partial charge in [0.05, 0.1) is 5.52 Å². The van der Waals surface area contributed by atoms with Gasteiger partial charge in [-0.25, -0.2) is 4.79 Å². The lowest BCUT2D eigenvalue weighted by molar-refractivity contribution is -0.109. The standard InChI is InChI=1S/C14H15N3O4/c18-3-4-21-12-1-2-13-11(5-12)9-17(15-13)8-10-6-16(7-10)14(19)20/h1-3,5,9-10H,4,6-8H2,(H,19,20). The second-order valence-electron chi connectivity index (χ2n) is 5.10. The molecule has 1 aliphatic rings. The summed E-state index contributed by atoms with van der Waals surface area (Å²) in [5.41, 5.74) is 0.850. The van der Waals surface area contributed by atoms with E-state index in [9.17, 15) is 9.59 Å². The molecular weight excluding hydrogens is 274 g/mol. The van der Waals surface area contributed by atoms with E-state index >= 15 is 0 Å². The van der Waals surface area contributed by atoms with Crippen molar-refractivity contribution in [2.75, 3.05) is 19.7 Å². The molecule has 1 amide bonds. The normalized spacial score (nSPS) is 15.0. The number of hydrogen-bond acceptors (Lipinski definition) is 4. The van der Waals surface area contributed by atoms with Gasteiger partial charge < -0.3 is 14.7 Å². The van der Waals surface area contributed by atoms with E-state index in [-0.39, 0.29) is 6.61 Å². The van der Waals surface area contributed by atoms with Crippen molar-refractivity contribution in [2.45, 2.75) is 6.54 Å². The maximum Gasteiger partial charge on any atom is 0.407 e. The summed E-state index contributed by atoms with van der Waals surface area (Å²) in [6.07, 6.45) is 1.75. The molecule has 0 radical (unpaired) electrons. The van der Waals surface area contributed by atoms with Gasteiger partial charge in [-0.15, -0.1) is 0 Å². The number of carboxylic acid groups (broad SMARTS) is 1. The van der Waals surface area contributed by atoms with Gasteiger partial charge in [-0.2, -0.15) is 5.10 Å². The van der Waals surface area contributed by atoms with Crippen LogP contribution in [0.5, 0.6) is 5.75 Å². The third-order valence-electron chi connectivity index (χ3n) is 3.51. The minimum atomic E-state index is -0.867. The van der Waals surface area contributed by atoms with Gasteiger partial charge in [0.2, 0.25) is 0 Å². The number of benzene rings is 1. The fraction of sp³-hybridized carbons (Fsp3) is 0.357. The van der Waals surface area contributed by atoms with E-state index < -0.39 is 6.09 Å². The number of hydrogen-bond donors (Lipinski definition) is 1. The Bertz CT molecular complexity index is 676. The van der Waals surface area contributed by atoms with E-state index in [0.717, 1.165) is 10.9 Å². The van der Waals surface area contributed by atoms with Gasteiger partial charge in [0.1, 0.15) is 12.4 Å². The molecule has 1 aliphatic heterocycles. The number of carbonyl (C=O) groups excluding carboxylic acids is 1. The van der Waals surface area contributed by atoms with E-state index in [1.165, 1.54) is 4.90 Å². The summed E-state index contributed by atoms with van der Waals surface area (Å²) in [7, 11) is 0. The number of rotatable bonds is 5. The Morgan fingerprint density at radius 3 is 3.00 bits per heavy atom. The van der Waals surface area contributed by atoms with E-state index in [2.05, 4.69) is 5.10 Å². The molecule has 0 atom stereocenters. The van der Waals surface area contributed by atoms with Gasteiger partial charge in [0.25, 0.3) is 0 Å². The molecule has 7 nitrogen and oxygen atoms in total. The number of aldehydes is 1. The lowest BCUT2D eigenvalue weighted by atomic mass is 10.0. The summed E-state index contributed by atoms with van der Waals surface area (Å²) in [5, 5.41) is 14.2. The highest BCUT2D eigenvalue weighted by atomic mass is 16.5. The predicted molar refractivity (Wildman–Crippen MR) is 74.4 cm³/mol. The Morgan fingerprint density at radius 2 is 2.29 bits per heavy atom. The van der Waals surface area contributed by atoms with Crippen LogP contribution in [0.4, 0.5) is 4.79 Å². The molecule has 0 spiro atoms. The zero-order valence-corrected chi connectivity index (χ0v) is 11.3. The van der Waals surface area contributed by atoms with Crippen LogP contribution >= 0.6 is 0 Å². The lowest BCUT2D eigenvalue weighted by Crippen LogP contribution is -2.50. The minimum Gasteiger partial charge on any atom is -0.486 e. The SMILES string of the molecule is O=CCOc1ccc2nn(CC3CN(C(=O)O)C3)cc2c1. The molecule has 2 heterocycles. The van der Waals surface area contributed by atoms with Crippen LogP contribution in [-0.2, 0) is 11.3 Å². The predicted octanol–water partition coefficient (Wildman–Crippen LogP) is 1.22. The Kier molecular flexibility index (Phi) is 3.47. The number of likely N-dealkylation sites (tertiary alicyclic amines) is 1. The van der Waals surface area contributed by atoms with E-state index in [0.29, 0.717) is 37.6 Å². The van der Waals surface area contributed by atoms with Crippen LogP contribution in [0.15, 0.2) is 24.4 Å². The van der Waals surface area contributed by atoms with Gasteiger partial charge in [-0.1, -0.05) is 0 Å². The summed E-state index contributed by atoms with van der Waals surface area (Å²) in [5.74, 6) is 0.941. The zero-order chi connectivity index (χ0) is 14.8. The number of aromatic nitrogens is 2. The van der Waals surface area contributed by atoms with Crippen LogP contribution in [0.25, 0.3) is 10.9 Å². The van der Waals surface area contributed by atoms with Crippen molar-refractivity contribution in [2.24, 2.45) is 5.92 Å². The van der Waals surface area contributed by atoms with Gasteiger partial charge >= 0.3 is 6.09 Å². The Morgan fingerprint density at radius 1 is 1.48 bits per heavy atom. The molecule has 0 bridgehead atoms. The van der Waals surface area contributed by atoms with E-state index in [1.54, 1.807) is 6.07 Å². The summed E-state index contributed by atoms with van der Waals surface area (Å²) >= 11 is 0. The summed E-state index contributed by atoms with van der Waals surface area (Å²) < 4.78 is 7.08. The van der Waals surface area contributed by atoms with E-state index in [4.69, 9.17) is 9.84 Å². The molecule has 2 aromatic rings. The summed E-state index contributed by atoms with van der Waals surface area (Å²) in [4.78, 5) is 22.4. The maximum atomic E-state index is 10.7.